The number of benzene rings is 2. The Morgan fingerprint density at radius 2 is 1.56 bits per heavy atom. The second-order valence-electron chi connectivity index (χ2n) is 4.04. The zero-order valence-electron chi connectivity index (χ0n) is 9.59. The van der Waals surface area contributed by atoms with Gasteiger partial charge in [0, 0.05) is 5.56 Å². The average Bonchev–Trinajstić information content (AvgIpc) is 2.44. The number of nitrogens with two attached hydrogens (primary N) is 1. The molecule has 3 heteroatoms. The highest BCUT2D eigenvalue weighted by Gasteiger charge is 2.12. The summed E-state index contributed by atoms with van der Waals surface area (Å²) in [5.41, 5.74) is 7.20. The van der Waals surface area contributed by atoms with Crippen molar-refractivity contribution in [3.63, 3.8) is 0 Å². The molecule has 1 heterocycles. The van der Waals surface area contributed by atoms with Gasteiger partial charge in [0.1, 0.15) is 11.3 Å². The largest absolute Gasteiger partial charge is 0.454 e. The number of para-hydroxylation sites is 1. The van der Waals surface area contributed by atoms with E-state index in [1.165, 1.54) is 0 Å². The zero-order valence-corrected chi connectivity index (χ0v) is 9.59. The second-order valence-corrected chi connectivity index (χ2v) is 4.04. The molecule has 0 aliphatic rings. The molecule has 0 aliphatic heterocycles. The van der Waals surface area contributed by atoms with E-state index in [1.807, 2.05) is 36.4 Å². The third-order valence-electron chi connectivity index (χ3n) is 2.87. The number of fused-ring (bicyclic) bond motifs is 1. The molecule has 0 amide bonds. The van der Waals surface area contributed by atoms with Crippen molar-refractivity contribution >= 4 is 16.7 Å². The highest BCUT2D eigenvalue weighted by atomic mass is 16.3. The third kappa shape index (κ3) is 1.57. The maximum atomic E-state index is 12.1. The lowest BCUT2D eigenvalue weighted by Gasteiger charge is -2.06. The Morgan fingerprint density at radius 1 is 0.889 bits per heavy atom. The van der Waals surface area contributed by atoms with Gasteiger partial charge in [-0.25, -0.2) is 0 Å². The summed E-state index contributed by atoms with van der Waals surface area (Å²) in [5.74, 6) is 0.430. The number of rotatable bonds is 1. The number of hydrogen-bond acceptors (Lipinski definition) is 3. The molecule has 0 aliphatic carbocycles. The van der Waals surface area contributed by atoms with Crippen molar-refractivity contribution in [3.8, 4) is 11.3 Å². The van der Waals surface area contributed by atoms with Gasteiger partial charge in [-0.05, 0) is 12.1 Å². The fourth-order valence-corrected chi connectivity index (χ4v) is 1.96. The van der Waals surface area contributed by atoms with Gasteiger partial charge in [-0.1, -0.05) is 42.5 Å². The quantitative estimate of drug-likeness (QED) is 0.707. The third-order valence-corrected chi connectivity index (χ3v) is 2.87. The van der Waals surface area contributed by atoms with Crippen LogP contribution < -0.4 is 11.2 Å². The molecule has 0 fully saturated rings. The Balaban J connectivity index is 2.38. The fourth-order valence-electron chi connectivity index (χ4n) is 1.96. The first-order valence-electron chi connectivity index (χ1n) is 5.64. The van der Waals surface area contributed by atoms with Crippen LogP contribution in [0.3, 0.4) is 0 Å². The van der Waals surface area contributed by atoms with Crippen LogP contribution in [-0.4, -0.2) is 0 Å². The average molecular weight is 237 g/mol. The molecule has 3 aromatic rings. The van der Waals surface area contributed by atoms with Crippen LogP contribution in [-0.2, 0) is 0 Å². The molecule has 0 atom stereocenters. The van der Waals surface area contributed by atoms with Crippen LogP contribution in [0.2, 0.25) is 0 Å². The second kappa shape index (κ2) is 4.04. The Labute approximate surface area is 103 Å². The van der Waals surface area contributed by atoms with E-state index in [4.69, 9.17) is 10.2 Å². The van der Waals surface area contributed by atoms with Crippen LogP contribution in [0.5, 0.6) is 0 Å². The lowest BCUT2D eigenvalue weighted by atomic mass is 10.1. The fraction of sp³-hybridized carbons (Fsp3) is 0. The molecule has 0 radical (unpaired) electrons. The van der Waals surface area contributed by atoms with E-state index >= 15 is 0 Å². The Bertz CT molecular complexity index is 760. The Kier molecular flexibility index (Phi) is 2.38. The standard InChI is InChI=1S/C15H11NO2/c16-13-14(17)11-8-4-5-9-12(11)18-15(13)10-6-2-1-3-7-10/h1-9H,16H2. The molecule has 3 rings (SSSR count). The van der Waals surface area contributed by atoms with Gasteiger partial charge in [0.05, 0.1) is 5.39 Å². The van der Waals surface area contributed by atoms with Crippen molar-refractivity contribution in [2.24, 2.45) is 0 Å². The monoisotopic (exact) mass is 237 g/mol. The molecule has 3 nitrogen and oxygen atoms in total. The van der Waals surface area contributed by atoms with E-state index in [0.29, 0.717) is 16.7 Å². The molecule has 0 spiro atoms. The molecule has 2 N–H and O–H groups in total. The van der Waals surface area contributed by atoms with Crippen LogP contribution in [0.25, 0.3) is 22.3 Å². The SMILES string of the molecule is Nc1c(-c2ccccc2)oc2ccccc2c1=O. The van der Waals surface area contributed by atoms with E-state index in [9.17, 15) is 4.79 Å². The van der Waals surface area contributed by atoms with Gasteiger partial charge in [0.2, 0.25) is 5.43 Å². The molecule has 0 unspecified atom stereocenters. The summed E-state index contributed by atoms with van der Waals surface area (Å²) < 4.78 is 5.73. The van der Waals surface area contributed by atoms with Gasteiger partial charge in [0.15, 0.2) is 5.76 Å². The summed E-state index contributed by atoms with van der Waals surface area (Å²) in [6, 6.07) is 16.5. The first-order valence-corrected chi connectivity index (χ1v) is 5.64. The molecule has 1 aromatic heterocycles. The summed E-state index contributed by atoms with van der Waals surface area (Å²) >= 11 is 0. The Hall–Kier alpha value is -2.55. The van der Waals surface area contributed by atoms with Crippen LogP contribution >= 0.6 is 0 Å². The van der Waals surface area contributed by atoms with Gasteiger partial charge < -0.3 is 10.2 Å². The predicted octanol–water partition coefficient (Wildman–Crippen LogP) is 3.04. The van der Waals surface area contributed by atoms with Gasteiger partial charge in [-0.3, -0.25) is 4.79 Å². The van der Waals surface area contributed by atoms with Crippen molar-refractivity contribution in [3.05, 3.63) is 64.8 Å². The Morgan fingerprint density at radius 3 is 2.33 bits per heavy atom. The summed E-state index contributed by atoms with van der Waals surface area (Å²) in [5, 5.41) is 0.509. The minimum atomic E-state index is -0.185. The van der Waals surface area contributed by atoms with Crippen LogP contribution in [0.4, 0.5) is 5.69 Å². The van der Waals surface area contributed by atoms with Crippen LogP contribution in [0.1, 0.15) is 0 Å². The van der Waals surface area contributed by atoms with Gasteiger partial charge in [0.25, 0.3) is 0 Å². The molecule has 0 bridgehead atoms. The molecule has 18 heavy (non-hydrogen) atoms. The topological polar surface area (TPSA) is 56.2 Å². The number of hydrogen-bond donors (Lipinski definition) is 1. The molecular weight excluding hydrogens is 226 g/mol. The minimum Gasteiger partial charge on any atom is -0.454 e. The first-order chi connectivity index (χ1) is 8.77. The van der Waals surface area contributed by atoms with Gasteiger partial charge in [-0.15, -0.1) is 0 Å². The van der Waals surface area contributed by atoms with Crippen LogP contribution in [0, 0.1) is 0 Å². The highest BCUT2D eigenvalue weighted by molar-refractivity contribution is 5.84. The maximum Gasteiger partial charge on any atom is 0.216 e. The van der Waals surface area contributed by atoms with E-state index in [1.54, 1.807) is 18.2 Å². The summed E-state index contributed by atoms with van der Waals surface area (Å²) in [7, 11) is 0. The highest BCUT2D eigenvalue weighted by Crippen LogP contribution is 2.26. The molecule has 2 aromatic carbocycles. The lowest BCUT2D eigenvalue weighted by molar-refractivity contribution is 0.621. The number of anilines is 1. The van der Waals surface area contributed by atoms with E-state index < -0.39 is 0 Å². The normalized spacial score (nSPS) is 10.7. The lowest BCUT2D eigenvalue weighted by Crippen LogP contribution is -2.09. The molecule has 88 valence electrons. The van der Waals surface area contributed by atoms with Gasteiger partial charge in [-0.2, -0.15) is 0 Å². The van der Waals surface area contributed by atoms with E-state index in [-0.39, 0.29) is 11.1 Å². The van der Waals surface area contributed by atoms with Crippen LogP contribution in [0.15, 0.2) is 63.8 Å². The number of nitrogen functional groups attached to an aromatic ring is 1. The minimum absolute atomic E-state index is 0.153. The zero-order chi connectivity index (χ0) is 12.5. The van der Waals surface area contributed by atoms with Crippen molar-refractivity contribution in [2.75, 3.05) is 5.73 Å². The maximum absolute atomic E-state index is 12.1. The van der Waals surface area contributed by atoms with E-state index in [0.717, 1.165) is 5.56 Å². The van der Waals surface area contributed by atoms with Crippen molar-refractivity contribution in [1.82, 2.24) is 0 Å². The predicted molar refractivity (Wildman–Crippen MR) is 72.3 cm³/mol. The summed E-state index contributed by atoms with van der Waals surface area (Å²) in [4.78, 5) is 12.1. The van der Waals surface area contributed by atoms with Crippen molar-refractivity contribution in [1.29, 1.82) is 0 Å². The summed E-state index contributed by atoms with van der Waals surface area (Å²) in [6.45, 7) is 0. The van der Waals surface area contributed by atoms with Crippen molar-refractivity contribution < 1.29 is 4.42 Å². The van der Waals surface area contributed by atoms with E-state index in [2.05, 4.69) is 0 Å². The van der Waals surface area contributed by atoms with Gasteiger partial charge >= 0.3 is 0 Å². The smallest absolute Gasteiger partial charge is 0.216 e. The first kappa shape index (κ1) is 10.6. The molecule has 0 saturated heterocycles. The van der Waals surface area contributed by atoms with Crippen molar-refractivity contribution in [2.45, 2.75) is 0 Å². The summed E-state index contributed by atoms with van der Waals surface area (Å²) in [6.07, 6.45) is 0. The molecular formula is C15H11NO2. The molecule has 0 saturated carbocycles.